The molecule has 4 fully saturated rings. The predicted octanol–water partition coefficient (Wildman–Crippen LogP) is 7.19. The van der Waals surface area contributed by atoms with Gasteiger partial charge in [0.15, 0.2) is 12.1 Å². The molecule has 0 heterocycles. The summed E-state index contributed by atoms with van der Waals surface area (Å²) in [7, 11) is 0. The highest BCUT2D eigenvalue weighted by Gasteiger charge is 2.70. The Bertz CT molecular complexity index is 933. The van der Waals surface area contributed by atoms with Crippen LogP contribution < -0.4 is 0 Å². The smallest absolute Gasteiger partial charge is 0.186 e. The minimum absolute atomic E-state index is 0.0625. The van der Waals surface area contributed by atoms with Gasteiger partial charge < -0.3 is 14.6 Å². The summed E-state index contributed by atoms with van der Waals surface area (Å²) >= 11 is 0. The van der Waals surface area contributed by atoms with Gasteiger partial charge in [0.1, 0.15) is 0 Å². The van der Waals surface area contributed by atoms with Crippen LogP contribution >= 0.6 is 0 Å². The number of hydrogen-bond acceptors (Lipinski definition) is 4. The lowest BCUT2D eigenvalue weighted by Gasteiger charge is -2.71. The van der Waals surface area contributed by atoms with Gasteiger partial charge in [-0.05, 0) is 116 Å². The molecule has 0 radical (unpaired) electrons. The Hall–Kier alpha value is -0.710. The van der Waals surface area contributed by atoms with E-state index < -0.39 is 11.7 Å². The van der Waals surface area contributed by atoms with E-state index in [1.165, 1.54) is 44.9 Å². The second kappa shape index (κ2) is 9.16. The summed E-state index contributed by atoms with van der Waals surface area (Å²) in [5.41, 5.74) is 0.912. The van der Waals surface area contributed by atoms with Crippen LogP contribution in [0.15, 0.2) is 11.6 Å². The van der Waals surface area contributed by atoms with E-state index in [-0.39, 0.29) is 27.4 Å². The highest BCUT2D eigenvalue weighted by atomic mass is 16.7. The van der Waals surface area contributed by atoms with E-state index >= 15 is 0 Å². The maximum Gasteiger partial charge on any atom is 0.186 e. The molecule has 0 spiro atoms. The Morgan fingerprint density at radius 2 is 1.57 bits per heavy atom. The Morgan fingerprint density at radius 3 is 2.19 bits per heavy atom. The molecule has 5 aliphatic carbocycles. The minimum atomic E-state index is -0.571. The van der Waals surface area contributed by atoms with Crippen molar-refractivity contribution in [2.75, 3.05) is 19.8 Å². The first-order valence-corrected chi connectivity index (χ1v) is 15.5. The van der Waals surface area contributed by atoms with Crippen molar-refractivity contribution in [2.45, 2.75) is 113 Å². The van der Waals surface area contributed by atoms with Gasteiger partial charge in [-0.15, -0.1) is 0 Å². The molecule has 0 aromatic heterocycles. The minimum Gasteiger partial charge on any atom is -0.396 e. The number of ether oxygens (including phenoxy) is 2. The molecule has 4 saturated carbocycles. The zero-order chi connectivity index (χ0) is 27.0. The zero-order valence-corrected chi connectivity index (χ0v) is 25.0. The Labute approximate surface area is 226 Å². The van der Waals surface area contributed by atoms with Crippen LogP contribution in [0, 0.1) is 56.7 Å². The molecule has 5 rings (SSSR count). The molecule has 0 aromatic carbocycles. The number of aliphatic hydroxyl groups excluding tert-OH is 1. The molecular weight excluding hydrogens is 460 g/mol. The summed E-state index contributed by atoms with van der Waals surface area (Å²) in [6.07, 6.45) is 11.5. The first-order chi connectivity index (χ1) is 17.4. The molecule has 0 unspecified atom stereocenters. The number of hydrogen-bond donors (Lipinski definition) is 1. The van der Waals surface area contributed by atoms with Crippen molar-refractivity contribution in [2.24, 2.45) is 56.7 Å². The topological polar surface area (TPSA) is 55.8 Å². The Kier molecular flexibility index (Phi) is 6.90. The van der Waals surface area contributed by atoms with Crippen LogP contribution in [0.1, 0.15) is 107 Å². The molecule has 210 valence electrons. The van der Waals surface area contributed by atoms with Crippen LogP contribution in [0.25, 0.3) is 0 Å². The van der Waals surface area contributed by atoms with Crippen molar-refractivity contribution in [3.63, 3.8) is 0 Å². The van der Waals surface area contributed by atoms with Crippen LogP contribution in [0.5, 0.6) is 0 Å². The highest BCUT2D eigenvalue weighted by molar-refractivity contribution is 6.01. The molecule has 9 atom stereocenters. The first kappa shape index (κ1) is 27.8. The molecule has 4 nitrogen and oxygen atoms in total. The summed E-state index contributed by atoms with van der Waals surface area (Å²) in [5, 5.41) is 10.6. The van der Waals surface area contributed by atoms with Crippen LogP contribution in [0.2, 0.25) is 0 Å². The van der Waals surface area contributed by atoms with Gasteiger partial charge >= 0.3 is 0 Å². The Morgan fingerprint density at radius 1 is 0.892 bits per heavy atom. The van der Waals surface area contributed by atoms with Crippen molar-refractivity contribution < 1.29 is 19.4 Å². The number of carbonyl (C=O) groups is 1. The van der Waals surface area contributed by atoms with Crippen LogP contribution in [-0.4, -0.2) is 37.0 Å². The van der Waals surface area contributed by atoms with Crippen molar-refractivity contribution in [1.29, 1.82) is 0 Å². The number of fused-ring (bicyclic) bond motifs is 7. The van der Waals surface area contributed by atoms with Crippen molar-refractivity contribution in [3.8, 4) is 0 Å². The van der Waals surface area contributed by atoms with E-state index in [0.29, 0.717) is 49.4 Å². The van der Waals surface area contributed by atoms with Gasteiger partial charge in [-0.2, -0.15) is 0 Å². The van der Waals surface area contributed by atoms with Crippen LogP contribution in [0.3, 0.4) is 0 Å². The molecule has 37 heavy (non-hydrogen) atoms. The standard InChI is InChI=1S/C33H54O4/c1-9-36-28(37-10-2)22-19-30(6)24(29(4,5)27(22)35)14-15-32(8)25(30)12-11-23-26-21(3)13-16-33(26,20-34)18-17-31(23,32)7/h19,21,23-26,28,34H,9-18,20H2,1-8H3/t21-,23-,24+,25-,26-,30+,31-,32-,33-/m1/s1. The highest BCUT2D eigenvalue weighted by Crippen LogP contribution is 2.76. The molecule has 0 aromatic rings. The van der Waals surface area contributed by atoms with E-state index in [0.717, 1.165) is 12.0 Å². The van der Waals surface area contributed by atoms with Gasteiger partial charge in [0.25, 0.3) is 0 Å². The van der Waals surface area contributed by atoms with Gasteiger partial charge in [-0.3, -0.25) is 4.79 Å². The van der Waals surface area contributed by atoms with Gasteiger partial charge in [-0.1, -0.05) is 47.6 Å². The SMILES string of the molecule is CCOC(OCC)C1=C[C@]2(C)[C@H]3CC[C@@H]4[C@H]5[C@H](C)CC[C@]5(CO)CC[C@@]4(C)[C@]3(C)CC[C@H]2C(C)(C)C1=O. The lowest BCUT2D eigenvalue weighted by Crippen LogP contribution is -2.66. The molecule has 1 N–H and O–H groups in total. The molecule has 0 bridgehead atoms. The second-order valence-electron chi connectivity index (χ2n) is 15.0. The van der Waals surface area contributed by atoms with Crippen molar-refractivity contribution >= 4 is 5.78 Å². The third kappa shape index (κ3) is 3.60. The zero-order valence-electron chi connectivity index (χ0n) is 25.0. The van der Waals surface area contributed by atoms with Gasteiger partial charge in [0.2, 0.25) is 0 Å². The third-order valence-corrected chi connectivity index (χ3v) is 13.5. The second-order valence-corrected chi connectivity index (χ2v) is 15.0. The van der Waals surface area contributed by atoms with Crippen LogP contribution in [0.4, 0.5) is 0 Å². The van der Waals surface area contributed by atoms with E-state index in [4.69, 9.17) is 9.47 Å². The summed E-state index contributed by atoms with van der Waals surface area (Å²) in [4.78, 5) is 13.9. The summed E-state index contributed by atoms with van der Waals surface area (Å²) in [6, 6.07) is 0. The largest absolute Gasteiger partial charge is 0.396 e. The third-order valence-electron chi connectivity index (χ3n) is 13.5. The van der Waals surface area contributed by atoms with E-state index in [1.54, 1.807) is 0 Å². The molecule has 0 saturated heterocycles. The molecule has 0 amide bonds. The summed E-state index contributed by atoms with van der Waals surface area (Å²) in [5.74, 6) is 3.13. The lowest BCUT2D eigenvalue weighted by molar-refractivity contribution is -0.223. The van der Waals surface area contributed by atoms with E-state index in [9.17, 15) is 9.90 Å². The van der Waals surface area contributed by atoms with Gasteiger partial charge in [0, 0.05) is 30.8 Å². The first-order valence-electron chi connectivity index (χ1n) is 15.5. The van der Waals surface area contributed by atoms with E-state index in [2.05, 4.69) is 47.6 Å². The maximum atomic E-state index is 13.9. The van der Waals surface area contributed by atoms with Crippen molar-refractivity contribution in [1.82, 2.24) is 0 Å². The number of carbonyl (C=O) groups excluding carboxylic acids is 1. The van der Waals surface area contributed by atoms with E-state index in [1.807, 2.05) is 13.8 Å². The normalized spacial score (nSPS) is 48.6. The van der Waals surface area contributed by atoms with Gasteiger partial charge in [0.05, 0.1) is 0 Å². The fourth-order valence-corrected chi connectivity index (χ4v) is 11.6. The predicted molar refractivity (Wildman–Crippen MR) is 148 cm³/mol. The number of rotatable bonds is 6. The summed E-state index contributed by atoms with van der Waals surface area (Å²) < 4.78 is 12.0. The molecule has 5 aliphatic rings. The fourth-order valence-electron chi connectivity index (χ4n) is 11.6. The van der Waals surface area contributed by atoms with Crippen molar-refractivity contribution in [3.05, 3.63) is 11.6 Å². The number of ketones is 1. The number of Topliss-reactive ketones (excluding diaryl/α,β-unsaturated/α-hetero) is 1. The average molecular weight is 515 g/mol. The summed E-state index contributed by atoms with van der Waals surface area (Å²) in [6.45, 7) is 20.0. The average Bonchev–Trinajstić information content (AvgIpc) is 3.19. The quantitative estimate of drug-likeness (QED) is 0.381. The maximum absolute atomic E-state index is 13.9. The number of aliphatic hydroxyl groups is 1. The monoisotopic (exact) mass is 514 g/mol. The molecular formula is C33H54O4. The molecule has 0 aliphatic heterocycles. The number of allylic oxidation sites excluding steroid dienone is 1. The molecule has 4 heteroatoms. The lowest BCUT2D eigenvalue weighted by atomic mass is 9.33. The Balaban J connectivity index is 1.58. The van der Waals surface area contributed by atoms with Gasteiger partial charge in [-0.25, -0.2) is 0 Å². The van der Waals surface area contributed by atoms with Crippen LogP contribution in [-0.2, 0) is 14.3 Å². The fraction of sp³-hybridized carbons (Fsp3) is 0.909.